The molecule has 5 heteroatoms. The third-order valence-corrected chi connectivity index (χ3v) is 5.04. The lowest BCUT2D eigenvalue weighted by molar-refractivity contribution is 0.0600. The predicted octanol–water partition coefficient (Wildman–Crippen LogP) is 5.09. The molecule has 1 aliphatic rings. The maximum atomic E-state index is 12.4. The van der Waals surface area contributed by atoms with E-state index in [0.29, 0.717) is 23.5 Å². The summed E-state index contributed by atoms with van der Waals surface area (Å²) in [7, 11) is 1.36. The molecule has 0 saturated heterocycles. The first-order chi connectivity index (χ1) is 13.6. The zero-order chi connectivity index (χ0) is 19.7. The van der Waals surface area contributed by atoms with Crippen LogP contribution in [-0.4, -0.2) is 23.8 Å². The van der Waals surface area contributed by atoms with Crippen molar-refractivity contribution in [3.8, 4) is 22.8 Å². The Balaban J connectivity index is 1.88. The highest BCUT2D eigenvalue weighted by molar-refractivity contribution is 6.02. The number of Topliss-reactive ketones (excluding diaryl/α,β-unsaturated/α-hetero) is 1. The summed E-state index contributed by atoms with van der Waals surface area (Å²) in [6.07, 6.45) is 2.20. The molecule has 0 amide bonds. The van der Waals surface area contributed by atoms with Gasteiger partial charge < -0.3 is 14.5 Å². The van der Waals surface area contributed by atoms with Gasteiger partial charge in [0, 0.05) is 23.2 Å². The number of aromatic amines is 1. The Hall–Kier alpha value is -3.34. The van der Waals surface area contributed by atoms with Crippen LogP contribution in [0, 0.1) is 6.92 Å². The molecule has 0 atom stereocenters. The lowest BCUT2D eigenvalue weighted by Gasteiger charge is -2.16. The van der Waals surface area contributed by atoms with Gasteiger partial charge in [-0.25, -0.2) is 4.79 Å². The number of ketones is 1. The van der Waals surface area contributed by atoms with Crippen LogP contribution in [0.5, 0.6) is 11.5 Å². The van der Waals surface area contributed by atoms with E-state index >= 15 is 0 Å². The lowest BCUT2D eigenvalue weighted by atomic mass is 9.89. The van der Waals surface area contributed by atoms with E-state index in [1.807, 2.05) is 37.3 Å². The van der Waals surface area contributed by atoms with Crippen LogP contribution in [-0.2, 0) is 11.2 Å². The summed E-state index contributed by atoms with van der Waals surface area (Å²) in [4.78, 5) is 27.9. The number of aryl methyl sites for hydroxylation is 1. The van der Waals surface area contributed by atoms with E-state index in [1.54, 1.807) is 18.2 Å². The van der Waals surface area contributed by atoms with Gasteiger partial charge in [-0.3, -0.25) is 4.79 Å². The van der Waals surface area contributed by atoms with E-state index in [-0.39, 0.29) is 5.78 Å². The van der Waals surface area contributed by atoms with Gasteiger partial charge in [-0.15, -0.1) is 0 Å². The molecule has 1 N–H and O–H groups in total. The number of hydrogen-bond donors (Lipinski definition) is 1. The van der Waals surface area contributed by atoms with Gasteiger partial charge >= 0.3 is 5.97 Å². The molecule has 2 aromatic carbocycles. The Kier molecular flexibility index (Phi) is 4.74. The smallest absolute Gasteiger partial charge is 0.337 e. The minimum atomic E-state index is -0.416. The van der Waals surface area contributed by atoms with Crippen molar-refractivity contribution < 1.29 is 19.1 Å². The molecule has 0 saturated carbocycles. The number of hydrogen-bond acceptors (Lipinski definition) is 4. The average Bonchev–Trinajstić information content (AvgIpc) is 3.06. The van der Waals surface area contributed by atoms with Crippen molar-refractivity contribution in [2.24, 2.45) is 0 Å². The highest BCUT2D eigenvalue weighted by Crippen LogP contribution is 2.39. The van der Waals surface area contributed by atoms with Crippen molar-refractivity contribution in [3.63, 3.8) is 0 Å². The molecular weight excluding hydrogens is 354 g/mol. The molecule has 0 unspecified atom stereocenters. The standard InChI is InChI=1S/C23H21NO4/c1-14-21-17(9-6-10-19(21)25)22(24-14)18-13-15(23(26)27-2)11-12-20(18)28-16-7-4-3-5-8-16/h3-5,7-8,11-13,24H,6,9-10H2,1-2H3. The lowest BCUT2D eigenvalue weighted by Crippen LogP contribution is -2.10. The second-order valence-electron chi connectivity index (χ2n) is 6.87. The summed E-state index contributed by atoms with van der Waals surface area (Å²) in [6, 6.07) is 14.7. The number of methoxy groups -OCH3 is 1. The van der Waals surface area contributed by atoms with Crippen LogP contribution in [0.25, 0.3) is 11.3 Å². The van der Waals surface area contributed by atoms with E-state index in [9.17, 15) is 9.59 Å². The summed E-state index contributed by atoms with van der Waals surface area (Å²) in [5.41, 5.74) is 4.62. The second kappa shape index (κ2) is 7.35. The quantitative estimate of drug-likeness (QED) is 0.645. The number of carbonyl (C=O) groups excluding carboxylic acids is 2. The SMILES string of the molecule is COC(=O)c1ccc(Oc2ccccc2)c(-c2[nH]c(C)c3c2CCCC3=O)c1. The fourth-order valence-corrected chi connectivity index (χ4v) is 3.76. The topological polar surface area (TPSA) is 68.4 Å². The number of aromatic nitrogens is 1. The summed E-state index contributed by atoms with van der Waals surface area (Å²) in [5.74, 6) is 1.06. The number of fused-ring (bicyclic) bond motifs is 1. The first-order valence-corrected chi connectivity index (χ1v) is 9.28. The number of H-pyrrole nitrogens is 1. The van der Waals surface area contributed by atoms with Gasteiger partial charge in [0.1, 0.15) is 11.5 Å². The van der Waals surface area contributed by atoms with Crippen LogP contribution in [0.15, 0.2) is 48.5 Å². The molecule has 0 spiro atoms. The van der Waals surface area contributed by atoms with Crippen molar-refractivity contribution in [1.82, 2.24) is 4.98 Å². The van der Waals surface area contributed by atoms with E-state index in [0.717, 1.165) is 40.9 Å². The number of benzene rings is 2. The molecule has 0 radical (unpaired) electrons. The van der Waals surface area contributed by atoms with Gasteiger partial charge in [0.05, 0.1) is 18.4 Å². The van der Waals surface area contributed by atoms with Gasteiger partial charge in [0.25, 0.3) is 0 Å². The maximum Gasteiger partial charge on any atom is 0.337 e. The van der Waals surface area contributed by atoms with E-state index in [1.165, 1.54) is 7.11 Å². The van der Waals surface area contributed by atoms with Crippen molar-refractivity contribution in [1.29, 1.82) is 0 Å². The Labute approximate surface area is 163 Å². The van der Waals surface area contributed by atoms with E-state index in [4.69, 9.17) is 9.47 Å². The number of carbonyl (C=O) groups is 2. The average molecular weight is 375 g/mol. The highest BCUT2D eigenvalue weighted by Gasteiger charge is 2.27. The molecule has 5 nitrogen and oxygen atoms in total. The molecule has 1 aromatic heterocycles. The molecule has 0 aliphatic heterocycles. The molecule has 28 heavy (non-hydrogen) atoms. The Bertz CT molecular complexity index is 1050. The van der Waals surface area contributed by atoms with Crippen molar-refractivity contribution >= 4 is 11.8 Å². The summed E-state index contributed by atoms with van der Waals surface area (Å²) in [6.45, 7) is 1.91. The van der Waals surface area contributed by atoms with Crippen LogP contribution >= 0.6 is 0 Å². The normalized spacial score (nSPS) is 13.1. The molecule has 0 fully saturated rings. The number of ether oxygens (including phenoxy) is 2. The summed E-state index contributed by atoms with van der Waals surface area (Å²) in [5, 5.41) is 0. The fraction of sp³-hybridized carbons (Fsp3) is 0.217. The number of para-hydroxylation sites is 1. The zero-order valence-corrected chi connectivity index (χ0v) is 15.9. The van der Waals surface area contributed by atoms with Gasteiger partial charge in [-0.1, -0.05) is 18.2 Å². The Morgan fingerprint density at radius 2 is 1.86 bits per heavy atom. The molecule has 3 aromatic rings. The van der Waals surface area contributed by atoms with Gasteiger partial charge in [0.15, 0.2) is 5.78 Å². The minimum absolute atomic E-state index is 0.163. The van der Waals surface area contributed by atoms with Crippen LogP contribution < -0.4 is 4.74 Å². The largest absolute Gasteiger partial charge is 0.465 e. The predicted molar refractivity (Wildman–Crippen MR) is 106 cm³/mol. The molecular formula is C23H21NO4. The zero-order valence-electron chi connectivity index (χ0n) is 15.9. The Morgan fingerprint density at radius 1 is 1.07 bits per heavy atom. The first-order valence-electron chi connectivity index (χ1n) is 9.28. The maximum absolute atomic E-state index is 12.4. The number of nitrogens with one attached hydrogen (secondary N) is 1. The van der Waals surface area contributed by atoms with Crippen molar-refractivity contribution in [3.05, 3.63) is 70.9 Å². The third-order valence-electron chi connectivity index (χ3n) is 5.04. The third kappa shape index (κ3) is 3.20. The number of esters is 1. The van der Waals surface area contributed by atoms with Crippen molar-refractivity contribution in [2.75, 3.05) is 7.11 Å². The molecule has 4 rings (SSSR count). The molecule has 142 valence electrons. The fourth-order valence-electron chi connectivity index (χ4n) is 3.76. The highest BCUT2D eigenvalue weighted by atomic mass is 16.5. The van der Waals surface area contributed by atoms with Gasteiger partial charge in [-0.05, 0) is 55.7 Å². The van der Waals surface area contributed by atoms with Crippen molar-refractivity contribution in [2.45, 2.75) is 26.2 Å². The Morgan fingerprint density at radius 3 is 2.61 bits per heavy atom. The number of rotatable bonds is 4. The van der Waals surface area contributed by atoms with E-state index in [2.05, 4.69) is 4.98 Å². The molecule has 1 heterocycles. The second-order valence-corrected chi connectivity index (χ2v) is 6.87. The molecule has 1 aliphatic carbocycles. The van der Waals surface area contributed by atoms with E-state index < -0.39 is 5.97 Å². The summed E-state index contributed by atoms with van der Waals surface area (Å²) >= 11 is 0. The van der Waals surface area contributed by atoms with Crippen LogP contribution in [0.4, 0.5) is 0 Å². The summed E-state index contributed by atoms with van der Waals surface area (Å²) < 4.78 is 11.0. The van der Waals surface area contributed by atoms with Crippen LogP contribution in [0.2, 0.25) is 0 Å². The monoisotopic (exact) mass is 375 g/mol. The minimum Gasteiger partial charge on any atom is -0.465 e. The van der Waals surface area contributed by atoms with Gasteiger partial charge in [0.2, 0.25) is 0 Å². The van der Waals surface area contributed by atoms with Gasteiger partial charge in [-0.2, -0.15) is 0 Å². The first kappa shape index (κ1) is 18.0. The van der Waals surface area contributed by atoms with Crippen LogP contribution in [0.1, 0.15) is 44.8 Å². The van der Waals surface area contributed by atoms with Crippen LogP contribution in [0.3, 0.4) is 0 Å². The molecule has 0 bridgehead atoms.